The minimum Gasteiger partial charge on any atom is -0.458 e. The molecule has 0 aliphatic carbocycles. The molecule has 0 spiro atoms. The highest BCUT2D eigenvalue weighted by Gasteiger charge is 2.13. The molecule has 1 unspecified atom stereocenters. The molecule has 0 aliphatic heterocycles. The van der Waals surface area contributed by atoms with Crippen LogP contribution in [-0.4, -0.2) is 10.0 Å². The average Bonchev–Trinajstić information content (AvgIpc) is 2.70. The molecule has 0 fully saturated rings. The highest BCUT2D eigenvalue weighted by Crippen LogP contribution is 2.28. The molecule has 1 aromatic heterocycles. The topological polar surface area (TPSA) is 76.5 Å². The fourth-order valence-corrected chi connectivity index (χ4v) is 1.53. The van der Waals surface area contributed by atoms with Crippen LogP contribution in [0.15, 0.2) is 28.7 Å². The number of aliphatic hydroxyl groups is 1. The van der Waals surface area contributed by atoms with Gasteiger partial charge in [-0.3, -0.25) is 10.1 Å². The minimum atomic E-state index is -0.661. The van der Waals surface area contributed by atoms with Crippen molar-refractivity contribution >= 4 is 16.7 Å². The number of aliphatic hydroxyl groups excluding tert-OH is 1. The maximum Gasteiger partial charge on any atom is 0.270 e. The lowest BCUT2D eigenvalue weighted by atomic mass is 10.2. The van der Waals surface area contributed by atoms with Gasteiger partial charge in [0.25, 0.3) is 5.69 Å². The second kappa shape index (κ2) is 3.94. The van der Waals surface area contributed by atoms with Crippen molar-refractivity contribution in [3.05, 3.63) is 40.1 Å². The van der Waals surface area contributed by atoms with Gasteiger partial charge in [0.2, 0.25) is 0 Å². The maximum absolute atomic E-state index is 10.6. The first-order chi connectivity index (χ1) is 7.61. The Kier molecular flexibility index (Phi) is 2.62. The van der Waals surface area contributed by atoms with E-state index in [0.29, 0.717) is 23.2 Å². The molecule has 1 heterocycles. The van der Waals surface area contributed by atoms with Gasteiger partial charge in [0.05, 0.1) is 4.92 Å². The molecule has 16 heavy (non-hydrogen) atoms. The second-order valence-corrected chi connectivity index (χ2v) is 3.55. The van der Waals surface area contributed by atoms with Crippen LogP contribution in [0.25, 0.3) is 11.0 Å². The van der Waals surface area contributed by atoms with E-state index in [0.717, 1.165) is 0 Å². The van der Waals surface area contributed by atoms with Gasteiger partial charge in [-0.15, -0.1) is 0 Å². The van der Waals surface area contributed by atoms with E-state index in [2.05, 4.69) is 0 Å². The van der Waals surface area contributed by atoms with Gasteiger partial charge in [-0.2, -0.15) is 0 Å². The van der Waals surface area contributed by atoms with Gasteiger partial charge in [-0.05, 0) is 18.6 Å². The predicted octanol–water partition coefficient (Wildman–Crippen LogP) is 2.78. The van der Waals surface area contributed by atoms with Crippen molar-refractivity contribution in [3.63, 3.8) is 0 Å². The van der Waals surface area contributed by atoms with Crippen LogP contribution in [0.3, 0.4) is 0 Å². The van der Waals surface area contributed by atoms with Crippen LogP contribution in [0.2, 0.25) is 0 Å². The largest absolute Gasteiger partial charge is 0.458 e. The molecule has 0 radical (unpaired) electrons. The lowest BCUT2D eigenvalue weighted by Gasteiger charge is -2.00. The molecule has 0 saturated heterocycles. The zero-order valence-corrected chi connectivity index (χ0v) is 8.71. The summed E-state index contributed by atoms with van der Waals surface area (Å²) >= 11 is 0. The lowest BCUT2D eigenvalue weighted by Crippen LogP contribution is -1.90. The Labute approximate surface area is 91.4 Å². The number of furan rings is 1. The highest BCUT2D eigenvalue weighted by molar-refractivity contribution is 5.80. The number of fused-ring (bicyclic) bond motifs is 1. The molecule has 2 rings (SSSR count). The number of nitro benzene ring substituents is 1. The summed E-state index contributed by atoms with van der Waals surface area (Å²) < 4.78 is 5.38. The monoisotopic (exact) mass is 221 g/mol. The molecule has 1 atom stereocenters. The van der Waals surface area contributed by atoms with E-state index in [-0.39, 0.29) is 5.69 Å². The Morgan fingerprint density at radius 2 is 2.25 bits per heavy atom. The molecular weight excluding hydrogens is 210 g/mol. The summed E-state index contributed by atoms with van der Waals surface area (Å²) in [5, 5.41) is 20.8. The fraction of sp³-hybridized carbons (Fsp3) is 0.273. The molecule has 1 aromatic carbocycles. The van der Waals surface area contributed by atoms with Crippen LogP contribution in [0, 0.1) is 10.1 Å². The molecular formula is C11H11NO4. The zero-order valence-electron chi connectivity index (χ0n) is 8.71. The van der Waals surface area contributed by atoms with Crippen molar-refractivity contribution in [2.24, 2.45) is 0 Å². The first kappa shape index (κ1) is 10.6. The summed E-state index contributed by atoms with van der Waals surface area (Å²) in [5.74, 6) is 0.443. The molecule has 1 N–H and O–H groups in total. The van der Waals surface area contributed by atoms with E-state index in [9.17, 15) is 15.2 Å². The molecule has 0 bridgehead atoms. The van der Waals surface area contributed by atoms with E-state index >= 15 is 0 Å². The van der Waals surface area contributed by atoms with Gasteiger partial charge in [-0.1, -0.05) is 6.92 Å². The molecule has 5 nitrogen and oxygen atoms in total. The van der Waals surface area contributed by atoms with Crippen molar-refractivity contribution in [1.29, 1.82) is 0 Å². The number of benzene rings is 1. The molecule has 5 heteroatoms. The van der Waals surface area contributed by atoms with Crippen molar-refractivity contribution in [1.82, 2.24) is 0 Å². The first-order valence-corrected chi connectivity index (χ1v) is 4.97. The highest BCUT2D eigenvalue weighted by atomic mass is 16.6. The summed E-state index contributed by atoms with van der Waals surface area (Å²) in [6, 6.07) is 5.99. The minimum absolute atomic E-state index is 0.0193. The normalized spacial score (nSPS) is 12.9. The number of hydrogen-bond acceptors (Lipinski definition) is 4. The quantitative estimate of drug-likeness (QED) is 0.638. The summed E-state index contributed by atoms with van der Waals surface area (Å²) in [6.45, 7) is 1.83. The van der Waals surface area contributed by atoms with Crippen LogP contribution in [0.1, 0.15) is 25.2 Å². The summed E-state index contributed by atoms with van der Waals surface area (Å²) in [4.78, 5) is 10.1. The van der Waals surface area contributed by atoms with Crippen LogP contribution < -0.4 is 0 Å². The Morgan fingerprint density at radius 3 is 2.88 bits per heavy atom. The third-order valence-corrected chi connectivity index (χ3v) is 2.44. The number of rotatable bonds is 3. The second-order valence-electron chi connectivity index (χ2n) is 3.55. The van der Waals surface area contributed by atoms with E-state index in [4.69, 9.17) is 4.42 Å². The van der Waals surface area contributed by atoms with Gasteiger partial charge >= 0.3 is 0 Å². The summed E-state index contributed by atoms with van der Waals surface area (Å²) in [6.07, 6.45) is -0.117. The van der Waals surface area contributed by atoms with Gasteiger partial charge in [0, 0.05) is 17.5 Å². The van der Waals surface area contributed by atoms with E-state index in [1.165, 1.54) is 12.1 Å². The molecule has 0 amide bonds. The standard InChI is InChI=1S/C11H11NO4/c1-2-9(13)11-6-7-5-8(12(14)15)3-4-10(7)16-11/h3-6,9,13H,2H2,1H3. The zero-order chi connectivity index (χ0) is 11.7. The Morgan fingerprint density at radius 1 is 1.50 bits per heavy atom. The molecule has 0 aliphatic rings. The fourth-order valence-electron chi connectivity index (χ4n) is 1.53. The van der Waals surface area contributed by atoms with E-state index in [1.54, 1.807) is 12.1 Å². The van der Waals surface area contributed by atoms with Gasteiger partial charge in [-0.25, -0.2) is 0 Å². The van der Waals surface area contributed by atoms with Crippen LogP contribution in [0.5, 0.6) is 0 Å². The van der Waals surface area contributed by atoms with E-state index in [1.807, 2.05) is 6.92 Å². The number of hydrogen-bond donors (Lipinski definition) is 1. The maximum atomic E-state index is 10.6. The van der Waals surface area contributed by atoms with E-state index < -0.39 is 11.0 Å². The molecule has 0 saturated carbocycles. The van der Waals surface area contributed by atoms with Crippen LogP contribution in [0.4, 0.5) is 5.69 Å². The SMILES string of the molecule is CCC(O)c1cc2cc([N+](=O)[O-])ccc2o1. The van der Waals surface area contributed by atoms with Crippen LogP contribution >= 0.6 is 0 Å². The Hall–Kier alpha value is -1.88. The lowest BCUT2D eigenvalue weighted by molar-refractivity contribution is -0.384. The van der Waals surface area contributed by atoms with Crippen molar-refractivity contribution in [2.45, 2.75) is 19.4 Å². The van der Waals surface area contributed by atoms with Crippen LogP contribution in [-0.2, 0) is 0 Å². The third-order valence-electron chi connectivity index (χ3n) is 2.44. The summed E-state index contributed by atoms with van der Waals surface area (Å²) in [5.41, 5.74) is 0.568. The van der Waals surface area contributed by atoms with Gasteiger partial charge in [0.15, 0.2) is 0 Å². The van der Waals surface area contributed by atoms with Crippen molar-refractivity contribution in [2.75, 3.05) is 0 Å². The van der Waals surface area contributed by atoms with Gasteiger partial charge in [0.1, 0.15) is 17.4 Å². The Bertz CT molecular complexity index is 532. The molecule has 2 aromatic rings. The van der Waals surface area contributed by atoms with Crippen molar-refractivity contribution < 1.29 is 14.4 Å². The third kappa shape index (κ3) is 1.77. The number of nitrogens with zero attached hydrogens (tertiary/aromatic N) is 1. The number of non-ortho nitro benzene ring substituents is 1. The smallest absolute Gasteiger partial charge is 0.270 e. The predicted molar refractivity (Wildman–Crippen MR) is 58.1 cm³/mol. The van der Waals surface area contributed by atoms with Gasteiger partial charge < -0.3 is 9.52 Å². The summed E-state index contributed by atoms with van der Waals surface area (Å²) in [7, 11) is 0. The van der Waals surface area contributed by atoms with Crippen molar-refractivity contribution in [3.8, 4) is 0 Å². The number of nitro groups is 1. The molecule has 84 valence electrons. The Balaban J connectivity index is 2.49. The first-order valence-electron chi connectivity index (χ1n) is 4.97. The average molecular weight is 221 g/mol.